The average Bonchev–Trinajstić information content (AvgIpc) is 3.26. The maximum atomic E-state index is 15.0. The molecular weight excluding hydrogens is 711 g/mol. The summed E-state index contributed by atoms with van der Waals surface area (Å²) in [7, 11) is 6.67. The first kappa shape index (κ1) is 42.1. The number of amides is 4. The first-order valence-corrected chi connectivity index (χ1v) is 19.6. The molecule has 0 aliphatic carbocycles. The van der Waals surface area contributed by atoms with Gasteiger partial charge in [0.1, 0.15) is 18.1 Å². The van der Waals surface area contributed by atoms with E-state index in [9.17, 15) is 19.2 Å². The average molecular weight is 766 g/mol. The van der Waals surface area contributed by atoms with Gasteiger partial charge in [0.25, 0.3) is 0 Å². The number of nitrogens with one attached hydrogen (secondary N) is 2. The summed E-state index contributed by atoms with van der Waals surface area (Å²) >= 11 is 0. The van der Waals surface area contributed by atoms with Crippen molar-refractivity contribution in [3.8, 4) is 0 Å². The molecule has 5 aromatic carbocycles. The quantitative estimate of drug-likeness (QED) is 0.118. The first-order valence-electron chi connectivity index (χ1n) is 19.6. The van der Waals surface area contributed by atoms with Crippen LogP contribution in [0, 0.1) is 0 Å². The van der Waals surface area contributed by atoms with Crippen molar-refractivity contribution in [3.05, 3.63) is 179 Å². The molecule has 4 atom stereocenters. The van der Waals surface area contributed by atoms with Crippen molar-refractivity contribution in [2.75, 3.05) is 34.7 Å². The Hall–Kier alpha value is -6.06. The third-order valence-electron chi connectivity index (χ3n) is 10.6. The second kappa shape index (κ2) is 21.3. The lowest BCUT2D eigenvalue weighted by Crippen LogP contribution is -2.60. The lowest BCUT2D eigenvalue weighted by Gasteiger charge is -2.38. The SMILES string of the molecule is CN[C@@H](Cc1ccccc1)C(=O)N(C)[C@@H](Cc1ccccc1)C(=O)N(C)[C@@H](Cc1ccccc1)C(=O)N(C)[C@@H](Cc1ccccc1)C(=O)NCCc1ccccc1. The number of nitrogens with zero attached hydrogens (tertiary/aromatic N) is 3. The summed E-state index contributed by atoms with van der Waals surface area (Å²) in [6, 6.07) is 45.1. The van der Waals surface area contributed by atoms with E-state index in [1.807, 2.05) is 152 Å². The molecule has 0 saturated heterocycles. The number of hydrogen-bond acceptors (Lipinski definition) is 5. The number of benzene rings is 5. The van der Waals surface area contributed by atoms with E-state index in [0.29, 0.717) is 19.4 Å². The van der Waals surface area contributed by atoms with Crippen LogP contribution in [-0.2, 0) is 51.3 Å². The van der Waals surface area contributed by atoms with Gasteiger partial charge in [-0.25, -0.2) is 0 Å². The number of carbonyl (C=O) groups excluding carboxylic acids is 4. The molecule has 2 N–H and O–H groups in total. The Morgan fingerprint density at radius 1 is 0.439 bits per heavy atom. The molecule has 296 valence electrons. The molecule has 9 nitrogen and oxygen atoms in total. The molecule has 0 radical (unpaired) electrons. The molecule has 0 bridgehead atoms. The molecule has 0 fully saturated rings. The Kier molecular flexibility index (Phi) is 15.7. The van der Waals surface area contributed by atoms with Crippen LogP contribution in [-0.4, -0.2) is 97.2 Å². The Labute approximate surface area is 337 Å². The number of rotatable bonds is 19. The van der Waals surface area contributed by atoms with Gasteiger partial charge in [0, 0.05) is 47.0 Å². The van der Waals surface area contributed by atoms with E-state index < -0.39 is 24.2 Å². The predicted octanol–water partition coefficient (Wildman–Crippen LogP) is 5.39. The zero-order valence-corrected chi connectivity index (χ0v) is 33.5. The standard InChI is InChI=1S/C48H55N5O4/c1-49-41(32-37-22-12-6-13-23-37)46(55)52(3)43(34-39-26-16-8-17-27-39)48(57)53(4)44(35-40-28-18-9-19-29-40)47(56)51(2)42(33-38-24-14-7-15-25-38)45(54)50-31-30-36-20-10-5-11-21-36/h5-29,41-44,49H,30-35H2,1-4H3,(H,50,54)/t41-,42-,43-,44-/m0/s1. The Balaban J connectivity index is 1.45. The van der Waals surface area contributed by atoms with Crippen LogP contribution >= 0.6 is 0 Å². The van der Waals surface area contributed by atoms with Gasteiger partial charge in [-0.1, -0.05) is 152 Å². The molecule has 0 unspecified atom stereocenters. The van der Waals surface area contributed by atoms with Crippen molar-refractivity contribution in [2.45, 2.75) is 56.3 Å². The smallest absolute Gasteiger partial charge is 0.246 e. The molecule has 9 heteroatoms. The minimum absolute atomic E-state index is 0.211. The van der Waals surface area contributed by atoms with E-state index in [2.05, 4.69) is 10.6 Å². The summed E-state index contributed by atoms with van der Waals surface area (Å²) < 4.78 is 0. The topological polar surface area (TPSA) is 102 Å². The van der Waals surface area contributed by atoms with Crippen molar-refractivity contribution >= 4 is 23.6 Å². The van der Waals surface area contributed by atoms with Gasteiger partial charge in [-0.2, -0.15) is 0 Å². The molecule has 0 spiro atoms. The van der Waals surface area contributed by atoms with Crippen LogP contribution in [0.1, 0.15) is 27.8 Å². The third kappa shape index (κ3) is 12.0. The summed E-state index contributed by atoms with van der Waals surface area (Å²) in [5.74, 6) is -1.26. The Morgan fingerprint density at radius 2 is 0.754 bits per heavy atom. The third-order valence-corrected chi connectivity index (χ3v) is 10.6. The summed E-state index contributed by atoms with van der Waals surface area (Å²) in [6.07, 6.45) is 1.83. The summed E-state index contributed by atoms with van der Waals surface area (Å²) in [6.45, 7) is 0.404. The molecule has 0 aliphatic heterocycles. The lowest BCUT2D eigenvalue weighted by atomic mass is 9.97. The zero-order chi connectivity index (χ0) is 40.6. The summed E-state index contributed by atoms with van der Waals surface area (Å²) in [4.78, 5) is 62.6. The fourth-order valence-corrected chi connectivity index (χ4v) is 7.13. The van der Waals surface area contributed by atoms with Gasteiger partial charge in [-0.15, -0.1) is 0 Å². The van der Waals surface area contributed by atoms with Crippen molar-refractivity contribution in [2.24, 2.45) is 0 Å². The predicted molar refractivity (Wildman–Crippen MR) is 226 cm³/mol. The molecule has 0 heterocycles. The number of carbonyl (C=O) groups is 4. The van der Waals surface area contributed by atoms with Gasteiger partial charge in [0.15, 0.2) is 0 Å². The van der Waals surface area contributed by atoms with Crippen LogP contribution in [0.5, 0.6) is 0 Å². The molecule has 0 saturated carbocycles. The number of likely N-dealkylation sites (N-methyl/N-ethyl adjacent to an activating group) is 4. The van der Waals surface area contributed by atoms with Crippen LogP contribution in [0.4, 0.5) is 0 Å². The van der Waals surface area contributed by atoms with Crippen molar-refractivity contribution in [1.29, 1.82) is 0 Å². The van der Waals surface area contributed by atoms with Crippen LogP contribution in [0.25, 0.3) is 0 Å². The molecule has 5 aromatic rings. The molecule has 5 rings (SSSR count). The van der Waals surface area contributed by atoms with E-state index in [4.69, 9.17) is 0 Å². The Bertz CT molecular complexity index is 2000. The van der Waals surface area contributed by atoms with E-state index in [1.165, 1.54) is 14.7 Å². The van der Waals surface area contributed by atoms with E-state index in [0.717, 1.165) is 27.8 Å². The summed E-state index contributed by atoms with van der Waals surface area (Å²) in [5, 5.41) is 6.23. The fourth-order valence-electron chi connectivity index (χ4n) is 7.13. The second-order valence-electron chi connectivity index (χ2n) is 14.5. The van der Waals surface area contributed by atoms with Gasteiger partial charge >= 0.3 is 0 Å². The van der Waals surface area contributed by atoms with Crippen LogP contribution in [0.3, 0.4) is 0 Å². The molecular formula is C48H55N5O4. The van der Waals surface area contributed by atoms with Gasteiger partial charge in [-0.05, 0) is 47.7 Å². The maximum absolute atomic E-state index is 15.0. The summed E-state index contributed by atoms with van der Waals surface area (Å²) in [5.41, 5.74) is 4.73. The van der Waals surface area contributed by atoms with Crippen LogP contribution in [0.2, 0.25) is 0 Å². The highest BCUT2D eigenvalue weighted by molar-refractivity contribution is 5.95. The van der Waals surface area contributed by atoms with Gasteiger partial charge < -0.3 is 25.3 Å². The largest absolute Gasteiger partial charge is 0.354 e. The first-order chi connectivity index (χ1) is 27.7. The zero-order valence-electron chi connectivity index (χ0n) is 33.5. The molecule has 4 amide bonds. The van der Waals surface area contributed by atoms with E-state index in [-0.39, 0.29) is 42.9 Å². The van der Waals surface area contributed by atoms with Gasteiger partial charge in [-0.3, -0.25) is 19.2 Å². The minimum atomic E-state index is -0.980. The van der Waals surface area contributed by atoms with Crippen LogP contribution in [0.15, 0.2) is 152 Å². The van der Waals surface area contributed by atoms with Crippen molar-refractivity contribution in [3.63, 3.8) is 0 Å². The normalized spacial score (nSPS) is 13.1. The monoisotopic (exact) mass is 765 g/mol. The number of hydrogen-bond donors (Lipinski definition) is 2. The van der Waals surface area contributed by atoms with Gasteiger partial charge in [0.05, 0.1) is 6.04 Å². The highest BCUT2D eigenvalue weighted by Crippen LogP contribution is 2.20. The van der Waals surface area contributed by atoms with Gasteiger partial charge in [0.2, 0.25) is 23.6 Å². The Morgan fingerprint density at radius 3 is 1.14 bits per heavy atom. The minimum Gasteiger partial charge on any atom is -0.354 e. The van der Waals surface area contributed by atoms with Crippen LogP contribution < -0.4 is 10.6 Å². The van der Waals surface area contributed by atoms with E-state index >= 15 is 0 Å². The van der Waals surface area contributed by atoms with Crippen molar-refractivity contribution < 1.29 is 19.2 Å². The lowest BCUT2D eigenvalue weighted by molar-refractivity contribution is -0.152. The highest BCUT2D eigenvalue weighted by Gasteiger charge is 2.39. The van der Waals surface area contributed by atoms with Crippen molar-refractivity contribution in [1.82, 2.24) is 25.3 Å². The maximum Gasteiger partial charge on any atom is 0.246 e. The molecule has 0 aromatic heterocycles. The molecule has 0 aliphatic rings. The highest BCUT2D eigenvalue weighted by atomic mass is 16.2. The molecule has 57 heavy (non-hydrogen) atoms. The second-order valence-corrected chi connectivity index (χ2v) is 14.5. The fraction of sp³-hybridized carbons (Fsp3) is 0.292. The van der Waals surface area contributed by atoms with E-state index in [1.54, 1.807) is 28.2 Å².